The highest BCUT2D eigenvalue weighted by Gasteiger charge is 2.31. The first-order valence-electron chi connectivity index (χ1n) is 7.35. The number of nitrogens with one attached hydrogen (secondary N) is 1. The molecule has 0 heterocycles. The molecule has 4 nitrogen and oxygen atoms in total. The van der Waals surface area contributed by atoms with Crippen LogP contribution in [0.1, 0.15) is 16.7 Å². The molecule has 27 heavy (non-hydrogen) atoms. The van der Waals surface area contributed by atoms with Crippen LogP contribution in [0.2, 0.25) is 0 Å². The van der Waals surface area contributed by atoms with Crippen LogP contribution in [0.15, 0.2) is 53.6 Å². The maximum atomic E-state index is 12.6. The summed E-state index contributed by atoms with van der Waals surface area (Å²) in [6, 6.07) is 8.22. The van der Waals surface area contributed by atoms with Gasteiger partial charge in [-0.1, -0.05) is 18.2 Å². The second-order valence-corrected chi connectivity index (χ2v) is 5.23. The Morgan fingerprint density at radius 3 is 2.19 bits per heavy atom. The Balaban J connectivity index is 1.89. The maximum Gasteiger partial charge on any atom is 0.416 e. The summed E-state index contributed by atoms with van der Waals surface area (Å²) in [6.45, 7) is -0.624. The molecule has 0 spiro atoms. The van der Waals surface area contributed by atoms with E-state index in [1.54, 1.807) is 0 Å². The SMILES string of the molecule is O=C(COc1cccc(C(F)(F)F)c1)N/N=C/c1cccc(C(F)(F)F)c1. The lowest BCUT2D eigenvalue weighted by Gasteiger charge is -2.09. The Morgan fingerprint density at radius 2 is 1.56 bits per heavy atom. The fourth-order valence-electron chi connectivity index (χ4n) is 1.92. The van der Waals surface area contributed by atoms with Crippen LogP contribution in [0.4, 0.5) is 26.3 Å². The van der Waals surface area contributed by atoms with E-state index in [1.165, 1.54) is 18.2 Å². The van der Waals surface area contributed by atoms with Gasteiger partial charge in [-0.3, -0.25) is 4.79 Å². The summed E-state index contributed by atoms with van der Waals surface area (Å²) < 4.78 is 80.4. The van der Waals surface area contributed by atoms with Crippen LogP contribution in [0, 0.1) is 0 Å². The highest BCUT2D eigenvalue weighted by molar-refractivity contribution is 5.83. The largest absolute Gasteiger partial charge is 0.484 e. The minimum absolute atomic E-state index is 0.101. The molecule has 0 aliphatic rings. The van der Waals surface area contributed by atoms with Gasteiger partial charge in [0.05, 0.1) is 17.3 Å². The van der Waals surface area contributed by atoms with Crippen molar-refractivity contribution >= 4 is 12.1 Å². The molecule has 0 aliphatic carbocycles. The number of amides is 1. The zero-order valence-electron chi connectivity index (χ0n) is 13.4. The van der Waals surface area contributed by atoms with Crippen molar-refractivity contribution in [2.45, 2.75) is 12.4 Å². The molecule has 2 aromatic rings. The van der Waals surface area contributed by atoms with Crippen molar-refractivity contribution in [1.29, 1.82) is 0 Å². The zero-order valence-corrected chi connectivity index (χ0v) is 13.4. The van der Waals surface area contributed by atoms with E-state index < -0.39 is 36.0 Å². The fourth-order valence-corrected chi connectivity index (χ4v) is 1.92. The minimum atomic E-state index is -4.54. The van der Waals surface area contributed by atoms with Gasteiger partial charge >= 0.3 is 12.4 Å². The Labute approximate surface area is 149 Å². The number of ether oxygens (including phenoxy) is 1. The quantitative estimate of drug-likeness (QED) is 0.471. The normalized spacial score (nSPS) is 12.2. The first-order chi connectivity index (χ1) is 12.6. The Hall–Kier alpha value is -3.04. The van der Waals surface area contributed by atoms with Gasteiger partial charge < -0.3 is 4.74 Å². The Kier molecular flexibility index (Phi) is 6.09. The smallest absolute Gasteiger partial charge is 0.416 e. The number of rotatable bonds is 5. The summed E-state index contributed by atoms with van der Waals surface area (Å²) >= 11 is 0. The van der Waals surface area contributed by atoms with E-state index in [2.05, 4.69) is 5.10 Å². The van der Waals surface area contributed by atoms with Gasteiger partial charge in [0.15, 0.2) is 6.61 Å². The predicted octanol–water partition coefficient (Wildman–Crippen LogP) is 4.25. The molecular formula is C17H12F6N2O2. The molecule has 1 amide bonds. The average Bonchev–Trinajstić information content (AvgIpc) is 2.59. The predicted molar refractivity (Wildman–Crippen MR) is 84.1 cm³/mol. The van der Waals surface area contributed by atoms with E-state index in [4.69, 9.17) is 4.74 Å². The number of hydrazone groups is 1. The second kappa shape index (κ2) is 8.11. The highest BCUT2D eigenvalue weighted by Crippen LogP contribution is 2.31. The van der Waals surface area contributed by atoms with Crippen LogP contribution in [0.25, 0.3) is 0 Å². The molecule has 0 saturated carbocycles. The van der Waals surface area contributed by atoms with Gasteiger partial charge in [0.2, 0.25) is 0 Å². The minimum Gasteiger partial charge on any atom is -0.484 e. The van der Waals surface area contributed by atoms with Crippen molar-refractivity contribution < 1.29 is 35.9 Å². The lowest BCUT2D eigenvalue weighted by Crippen LogP contribution is -2.24. The molecule has 10 heteroatoms. The molecule has 144 valence electrons. The first-order valence-corrected chi connectivity index (χ1v) is 7.35. The number of carbonyl (C=O) groups excluding carboxylic acids is 1. The molecule has 0 bridgehead atoms. The summed E-state index contributed by atoms with van der Waals surface area (Å²) in [5.74, 6) is -0.961. The van der Waals surface area contributed by atoms with Crippen molar-refractivity contribution in [2.75, 3.05) is 6.61 Å². The lowest BCUT2D eigenvalue weighted by molar-refractivity contribution is -0.138. The number of hydrogen-bond donors (Lipinski definition) is 1. The molecule has 2 aromatic carbocycles. The Bertz CT molecular complexity index is 831. The molecular weight excluding hydrogens is 378 g/mol. The summed E-state index contributed by atoms with van der Waals surface area (Å²) in [5.41, 5.74) is 0.310. The number of alkyl halides is 6. The molecule has 0 fully saturated rings. The van der Waals surface area contributed by atoms with Crippen LogP contribution < -0.4 is 10.2 Å². The molecule has 1 N–H and O–H groups in total. The molecule has 2 rings (SSSR count). The van der Waals surface area contributed by atoms with Gasteiger partial charge in [-0.2, -0.15) is 31.4 Å². The number of benzene rings is 2. The van der Waals surface area contributed by atoms with E-state index >= 15 is 0 Å². The standard InChI is InChI=1S/C17H12F6N2O2/c18-16(19,20)12-4-1-3-11(7-12)9-24-25-15(26)10-27-14-6-2-5-13(8-14)17(21,22)23/h1-9H,10H2,(H,25,26)/b24-9+. The molecule has 0 atom stereocenters. The van der Waals surface area contributed by atoms with E-state index in [9.17, 15) is 31.1 Å². The molecule has 0 aliphatic heterocycles. The van der Waals surface area contributed by atoms with Gasteiger partial charge in [-0.25, -0.2) is 5.43 Å². The molecule has 0 aromatic heterocycles. The van der Waals surface area contributed by atoms with Gasteiger partial charge in [0, 0.05) is 0 Å². The average molecular weight is 390 g/mol. The second-order valence-electron chi connectivity index (χ2n) is 5.23. The number of nitrogens with zero attached hydrogens (tertiary/aromatic N) is 1. The summed E-state index contributed by atoms with van der Waals surface area (Å²) in [4.78, 5) is 11.6. The first kappa shape index (κ1) is 20.3. The third-order valence-corrected chi connectivity index (χ3v) is 3.15. The van der Waals surface area contributed by atoms with Crippen LogP contribution in [0.3, 0.4) is 0 Å². The number of carbonyl (C=O) groups is 1. The van der Waals surface area contributed by atoms with Crippen molar-refractivity contribution in [2.24, 2.45) is 5.10 Å². The number of hydrogen-bond acceptors (Lipinski definition) is 3. The van der Waals surface area contributed by atoms with Gasteiger partial charge in [-0.05, 0) is 35.9 Å². The van der Waals surface area contributed by atoms with E-state index in [0.717, 1.165) is 36.5 Å². The van der Waals surface area contributed by atoms with Crippen molar-refractivity contribution in [3.63, 3.8) is 0 Å². The van der Waals surface area contributed by atoms with E-state index in [1.807, 2.05) is 5.43 Å². The van der Waals surface area contributed by atoms with Gasteiger partial charge in [0.1, 0.15) is 5.75 Å². The lowest BCUT2D eigenvalue weighted by atomic mass is 10.1. The topological polar surface area (TPSA) is 50.7 Å². The van der Waals surface area contributed by atoms with Crippen molar-refractivity contribution in [3.8, 4) is 5.75 Å². The molecule has 0 unspecified atom stereocenters. The summed E-state index contributed by atoms with van der Waals surface area (Å²) in [5, 5.41) is 3.48. The van der Waals surface area contributed by atoms with Gasteiger partial charge in [0.25, 0.3) is 5.91 Å². The maximum absolute atomic E-state index is 12.6. The summed E-state index contributed by atoms with van der Waals surface area (Å²) in [7, 11) is 0. The molecule has 0 radical (unpaired) electrons. The third-order valence-electron chi connectivity index (χ3n) is 3.15. The van der Waals surface area contributed by atoms with Gasteiger partial charge in [-0.15, -0.1) is 0 Å². The highest BCUT2D eigenvalue weighted by atomic mass is 19.4. The number of halogens is 6. The van der Waals surface area contributed by atoms with Crippen LogP contribution >= 0.6 is 0 Å². The third kappa shape index (κ3) is 6.32. The van der Waals surface area contributed by atoms with E-state index in [0.29, 0.717) is 0 Å². The zero-order chi connectivity index (χ0) is 20.1. The van der Waals surface area contributed by atoms with Crippen LogP contribution in [0.5, 0.6) is 5.75 Å². The van der Waals surface area contributed by atoms with Crippen LogP contribution in [-0.2, 0) is 17.1 Å². The Morgan fingerprint density at radius 1 is 0.963 bits per heavy atom. The van der Waals surface area contributed by atoms with Crippen molar-refractivity contribution in [1.82, 2.24) is 5.43 Å². The van der Waals surface area contributed by atoms with E-state index in [-0.39, 0.29) is 11.3 Å². The van der Waals surface area contributed by atoms with Crippen LogP contribution in [-0.4, -0.2) is 18.7 Å². The van der Waals surface area contributed by atoms with Crippen molar-refractivity contribution in [3.05, 3.63) is 65.2 Å². The summed E-state index contributed by atoms with van der Waals surface area (Å²) in [6.07, 6.45) is -8.06. The monoisotopic (exact) mass is 390 g/mol. The molecule has 0 saturated heterocycles. The fraction of sp³-hybridized carbons (Fsp3) is 0.176.